The molecule has 2 aliphatic rings. The van der Waals surface area contributed by atoms with E-state index in [9.17, 15) is 4.79 Å². The lowest BCUT2D eigenvalue weighted by Gasteiger charge is -2.32. The van der Waals surface area contributed by atoms with Gasteiger partial charge in [0.1, 0.15) is 0 Å². The average Bonchev–Trinajstić information content (AvgIpc) is 3.49. The number of aryl methyl sites for hydroxylation is 1. The van der Waals surface area contributed by atoms with Crippen molar-refractivity contribution in [1.29, 1.82) is 0 Å². The third-order valence-corrected chi connectivity index (χ3v) is 6.92. The van der Waals surface area contributed by atoms with Crippen molar-refractivity contribution in [2.75, 3.05) is 44.0 Å². The number of nitrogens with zero attached hydrogens (tertiary/aromatic N) is 7. The third-order valence-electron chi connectivity index (χ3n) is 6.92. The minimum Gasteiger partial charge on any atom is -0.368 e. The first kappa shape index (κ1) is 22.5. The number of rotatable bonds is 6. The summed E-state index contributed by atoms with van der Waals surface area (Å²) in [6.45, 7) is 5.23. The average molecular weight is 464 g/mol. The molecule has 1 saturated heterocycles. The lowest BCUT2D eigenvalue weighted by Crippen LogP contribution is -2.48. The number of amides is 1. The van der Waals surface area contributed by atoms with Crippen LogP contribution in [0.4, 0.5) is 11.8 Å². The van der Waals surface area contributed by atoms with Crippen molar-refractivity contribution in [2.24, 2.45) is 7.05 Å². The number of likely N-dealkylation sites (N-methyl/N-ethyl adjacent to an activating group) is 1. The molecule has 34 heavy (non-hydrogen) atoms. The van der Waals surface area contributed by atoms with Gasteiger partial charge in [-0.15, -0.1) is 0 Å². The van der Waals surface area contributed by atoms with Gasteiger partial charge >= 0.3 is 0 Å². The molecule has 3 aromatic rings. The number of hydrazine groups is 1. The number of anilines is 2. The monoisotopic (exact) mass is 463 g/mol. The first-order valence-corrected chi connectivity index (χ1v) is 12.0. The van der Waals surface area contributed by atoms with E-state index in [0.29, 0.717) is 22.5 Å². The Labute approximate surface area is 199 Å². The molecular formula is C24H33N9O. The molecule has 5 rings (SSSR count). The maximum atomic E-state index is 13.3. The molecule has 0 spiro atoms. The molecule has 1 aliphatic carbocycles. The summed E-state index contributed by atoms with van der Waals surface area (Å²) < 4.78 is 1.81. The van der Waals surface area contributed by atoms with Gasteiger partial charge in [-0.25, -0.2) is 4.98 Å². The number of nitrogen functional groups attached to an aromatic ring is 1. The van der Waals surface area contributed by atoms with Crippen molar-refractivity contribution >= 4 is 28.8 Å². The Bertz CT molecular complexity index is 1150. The second-order valence-corrected chi connectivity index (χ2v) is 9.46. The quantitative estimate of drug-likeness (QED) is 0.533. The van der Waals surface area contributed by atoms with Gasteiger partial charge in [0.2, 0.25) is 5.95 Å². The van der Waals surface area contributed by atoms with Gasteiger partial charge in [-0.05, 0) is 37.6 Å². The minimum atomic E-state index is -0.167. The number of piperazine rings is 1. The van der Waals surface area contributed by atoms with Crippen LogP contribution in [0.1, 0.15) is 41.6 Å². The molecular weight excluding hydrogens is 430 g/mol. The fourth-order valence-corrected chi connectivity index (χ4v) is 4.86. The first-order chi connectivity index (χ1) is 16.5. The highest BCUT2D eigenvalue weighted by Gasteiger charge is 2.29. The maximum absolute atomic E-state index is 13.3. The van der Waals surface area contributed by atoms with E-state index in [1.165, 1.54) is 5.56 Å². The van der Waals surface area contributed by atoms with Crippen LogP contribution in [0.25, 0.3) is 11.2 Å². The highest BCUT2D eigenvalue weighted by molar-refractivity contribution is 5.96. The lowest BCUT2D eigenvalue weighted by molar-refractivity contribution is 0.0944. The Kier molecular flexibility index (Phi) is 6.34. The molecule has 10 nitrogen and oxygen atoms in total. The van der Waals surface area contributed by atoms with E-state index < -0.39 is 0 Å². The van der Waals surface area contributed by atoms with Gasteiger partial charge in [0.15, 0.2) is 17.0 Å². The number of aromatic nitrogens is 4. The number of carbonyl (C=O) groups is 1. The smallest absolute Gasteiger partial charge is 0.269 e. The summed E-state index contributed by atoms with van der Waals surface area (Å²) >= 11 is 0. The van der Waals surface area contributed by atoms with Crippen LogP contribution in [0.2, 0.25) is 0 Å². The Morgan fingerprint density at radius 3 is 2.50 bits per heavy atom. The normalized spacial score (nSPS) is 17.9. The summed E-state index contributed by atoms with van der Waals surface area (Å²) in [4.78, 5) is 31.4. The van der Waals surface area contributed by atoms with Gasteiger partial charge < -0.3 is 15.2 Å². The molecule has 10 heteroatoms. The number of carbonyl (C=O) groups excluding carboxylic acids is 1. The molecule has 2 aromatic heterocycles. The van der Waals surface area contributed by atoms with Crippen molar-refractivity contribution < 1.29 is 4.79 Å². The zero-order chi connectivity index (χ0) is 23.7. The lowest BCUT2D eigenvalue weighted by atomic mass is 10.1. The third kappa shape index (κ3) is 4.69. The van der Waals surface area contributed by atoms with Crippen molar-refractivity contribution in [3.8, 4) is 0 Å². The van der Waals surface area contributed by atoms with Crippen LogP contribution >= 0.6 is 0 Å². The zero-order valence-electron chi connectivity index (χ0n) is 19.9. The minimum absolute atomic E-state index is 0.139. The maximum Gasteiger partial charge on any atom is 0.269 e. The first-order valence-electron chi connectivity index (χ1n) is 12.0. The van der Waals surface area contributed by atoms with E-state index in [1.54, 1.807) is 6.33 Å². The predicted molar refractivity (Wildman–Crippen MR) is 132 cm³/mol. The summed E-state index contributed by atoms with van der Waals surface area (Å²) in [7, 11) is 4.03. The van der Waals surface area contributed by atoms with Crippen molar-refractivity contribution in [1.82, 2.24) is 34.7 Å². The second kappa shape index (κ2) is 9.55. The van der Waals surface area contributed by atoms with E-state index in [-0.39, 0.29) is 17.9 Å². The van der Waals surface area contributed by atoms with Crippen molar-refractivity contribution in [3.63, 3.8) is 0 Å². The number of benzene rings is 1. The molecule has 180 valence electrons. The van der Waals surface area contributed by atoms with Gasteiger partial charge in [-0.1, -0.05) is 25.0 Å². The van der Waals surface area contributed by atoms with E-state index in [4.69, 9.17) is 5.73 Å². The number of hydrogen-bond acceptors (Lipinski definition) is 8. The number of imidazole rings is 1. The molecule has 0 bridgehead atoms. The molecule has 1 saturated carbocycles. The second-order valence-electron chi connectivity index (χ2n) is 9.46. The van der Waals surface area contributed by atoms with Crippen LogP contribution in [0.3, 0.4) is 0 Å². The van der Waals surface area contributed by atoms with Crippen LogP contribution < -0.4 is 16.2 Å². The molecule has 3 heterocycles. The highest BCUT2D eigenvalue weighted by Crippen LogP contribution is 2.30. The van der Waals surface area contributed by atoms with Crippen molar-refractivity contribution in [3.05, 3.63) is 41.7 Å². The summed E-state index contributed by atoms with van der Waals surface area (Å²) in [5, 5.41) is 1.86. The van der Waals surface area contributed by atoms with Gasteiger partial charge in [-0.2, -0.15) is 9.97 Å². The van der Waals surface area contributed by atoms with Gasteiger partial charge in [0.05, 0.1) is 12.4 Å². The predicted octanol–water partition coefficient (Wildman–Crippen LogP) is 1.79. The van der Waals surface area contributed by atoms with Gasteiger partial charge in [-0.3, -0.25) is 20.1 Å². The van der Waals surface area contributed by atoms with Crippen LogP contribution in [-0.2, 0) is 13.6 Å². The van der Waals surface area contributed by atoms with E-state index in [0.717, 1.165) is 58.4 Å². The fourth-order valence-electron chi connectivity index (χ4n) is 4.86. The Hall–Kier alpha value is -3.24. The fraction of sp³-hybridized carbons (Fsp3) is 0.500. The van der Waals surface area contributed by atoms with Crippen LogP contribution in [0.15, 0.2) is 30.6 Å². The number of hydrogen-bond donors (Lipinski definition) is 2. The Balaban J connectivity index is 1.35. The summed E-state index contributed by atoms with van der Waals surface area (Å²) in [5.41, 5.74) is 12.2. The Morgan fingerprint density at radius 1 is 1.09 bits per heavy atom. The van der Waals surface area contributed by atoms with Crippen molar-refractivity contribution in [2.45, 2.75) is 38.3 Å². The molecule has 1 amide bonds. The van der Waals surface area contributed by atoms with Gasteiger partial charge in [0.25, 0.3) is 5.91 Å². The molecule has 1 aliphatic heterocycles. The van der Waals surface area contributed by atoms with Crippen LogP contribution in [-0.4, -0.2) is 74.5 Å². The largest absolute Gasteiger partial charge is 0.368 e. The van der Waals surface area contributed by atoms with E-state index in [1.807, 2.05) is 40.9 Å². The number of nitrogens with two attached hydrogens (primary N) is 1. The summed E-state index contributed by atoms with van der Waals surface area (Å²) in [6.07, 6.45) is 5.87. The highest BCUT2D eigenvalue weighted by atomic mass is 16.2. The molecule has 0 radical (unpaired) electrons. The zero-order valence-corrected chi connectivity index (χ0v) is 19.9. The van der Waals surface area contributed by atoms with Crippen LogP contribution in [0, 0.1) is 0 Å². The van der Waals surface area contributed by atoms with E-state index >= 15 is 0 Å². The summed E-state index contributed by atoms with van der Waals surface area (Å²) in [6, 6.07) is 8.04. The molecule has 1 aromatic carbocycles. The topological polar surface area (TPSA) is 108 Å². The van der Waals surface area contributed by atoms with Crippen LogP contribution in [0.5, 0.6) is 0 Å². The number of fused-ring (bicyclic) bond motifs is 1. The SMILES string of the molecule is CN1CCN(Cc2ccc(C(=O)NN(c3nc(N)nc4c3ncn4C)C3CCCC3)cc2)CC1. The summed E-state index contributed by atoms with van der Waals surface area (Å²) in [5.74, 6) is 0.547. The molecule has 3 N–H and O–H groups in total. The standard InChI is InChI=1S/C24H33N9O/c1-30-11-13-32(14-12-30)15-17-7-9-18(10-8-17)23(34)29-33(19-5-3-4-6-19)22-20-21(27-24(25)28-22)31(2)16-26-20/h7-10,16,19H,3-6,11-15H2,1-2H3,(H,29,34)(H2,25,27,28). The molecule has 0 unspecified atom stereocenters. The Morgan fingerprint density at radius 2 is 1.79 bits per heavy atom. The van der Waals surface area contributed by atoms with E-state index in [2.05, 4.69) is 37.2 Å². The number of nitrogens with one attached hydrogen (secondary N) is 1. The molecule has 2 fully saturated rings. The van der Waals surface area contributed by atoms with Gasteiger partial charge in [0, 0.05) is 45.3 Å². The molecule has 0 atom stereocenters.